The first-order valence-electron chi connectivity index (χ1n) is 6.83. The van der Waals surface area contributed by atoms with Gasteiger partial charge in [-0.25, -0.2) is 0 Å². The molecule has 0 spiro atoms. The minimum Gasteiger partial charge on any atom is -0.493 e. The quantitative estimate of drug-likeness (QED) is 0.612. The summed E-state index contributed by atoms with van der Waals surface area (Å²) in [5, 5.41) is 0. The molecule has 2 aromatic carbocycles. The third kappa shape index (κ3) is 4.35. The van der Waals surface area contributed by atoms with Crippen LogP contribution in [0, 0.1) is 0 Å². The fraction of sp³-hybridized carbons (Fsp3) is 0.235. The molecular formula is C17H19NOS. The number of unbranched alkanes of at least 4 members (excludes halogenated alkanes) is 1. The van der Waals surface area contributed by atoms with E-state index in [2.05, 4.69) is 18.2 Å². The molecular weight excluding hydrogens is 266 g/mol. The van der Waals surface area contributed by atoms with E-state index < -0.39 is 0 Å². The van der Waals surface area contributed by atoms with Gasteiger partial charge < -0.3 is 10.5 Å². The maximum absolute atomic E-state index is 5.89. The summed E-state index contributed by atoms with van der Waals surface area (Å²) in [6.45, 7) is 0.687. The highest BCUT2D eigenvalue weighted by Gasteiger charge is 2.04. The summed E-state index contributed by atoms with van der Waals surface area (Å²) >= 11 is 4.86. The number of para-hydroxylation sites is 1. The molecule has 0 aliphatic rings. The van der Waals surface area contributed by atoms with Crippen molar-refractivity contribution in [1.29, 1.82) is 0 Å². The predicted molar refractivity (Wildman–Crippen MR) is 88.0 cm³/mol. The molecule has 2 N–H and O–H groups in total. The third-order valence-corrected chi connectivity index (χ3v) is 3.25. The van der Waals surface area contributed by atoms with Crippen molar-refractivity contribution in [3.63, 3.8) is 0 Å². The summed E-state index contributed by atoms with van der Waals surface area (Å²) in [6, 6.07) is 18.4. The third-order valence-electron chi connectivity index (χ3n) is 3.05. The van der Waals surface area contributed by atoms with Gasteiger partial charge >= 0.3 is 0 Å². The van der Waals surface area contributed by atoms with E-state index >= 15 is 0 Å². The van der Waals surface area contributed by atoms with Crippen LogP contribution in [0.2, 0.25) is 0 Å². The van der Waals surface area contributed by atoms with Crippen molar-refractivity contribution >= 4 is 17.2 Å². The van der Waals surface area contributed by atoms with E-state index in [0.717, 1.165) is 30.6 Å². The average molecular weight is 285 g/mol. The van der Waals surface area contributed by atoms with Crippen molar-refractivity contribution in [2.24, 2.45) is 5.73 Å². The molecule has 0 bridgehead atoms. The SMILES string of the molecule is NC(=S)CCCCOc1ccccc1-c1ccccc1. The van der Waals surface area contributed by atoms with Crippen LogP contribution in [0.5, 0.6) is 5.75 Å². The van der Waals surface area contributed by atoms with E-state index in [0.29, 0.717) is 11.6 Å². The van der Waals surface area contributed by atoms with Gasteiger partial charge in [0.05, 0.1) is 11.6 Å². The number of thiocarbonyl (C=S) groups is 1. The van der Waals surface area contributed by atoms with Crippen molar-refractivity contribution in [2.75, 3.05) is 6.61 Å². The zero-order valence-corrected chi connectivity index (χ0v) is 12.2. The molecule has 0 amide bonds. The van der Waals surface area contributed by atoms with Gasteiger partial charge in [-0.2, -0.15) is 0 Å². The predicted octanol–water partition coefficient (Wildman–Crippen LogP) is 4.19. The van der Waals surface area contributed by atoms with E-state index in [4.69, 9.17) is 22.7 Å². The molecule has 2 nitrogen and oxygen atoms in total. The van der Waals surface area contributed by atoms with E-state index in [1.807, 2.05) is 36.4 Å². The van der Waals surface area contributed by atoms with Gasteiger partial charge in [0.2, 0.25) is 0 Å². The van der Waals surface area contributed by atoms with Gasteiger partial charge in [0, 0.05) is 5.56 Å². The molecule has 104 valence electrons. The first-order chi connectivity index (χ1) is 9.77. The summed E-state index contributed by atoms with van der Waals surface area (Å²) in [5.41, 5.74) is 7.78. The molecule has 0 aliphatic heterocycles. The van der Waals surface area contributed by atoms with Gasteiger partial charge in [0.25, 0.3) is 0 Å². The summed E-state index contributed by atoms with van der Waals surface area (Å²) in [6.07, 6.45) is 2.72. The van der Waals surface area contributed by atoms with Gasteiger partial charge in [-0.05, 0) is 30.9 Å². The highest BCUT2D eigenvalue weighted by molar-refractivity contribution is 7.80. The molecule has 2 aromatic rings. The van der Waals surface area contributed by atoms with Crippen LogP contribution in [0.1, 0.15) is 19.3 Å². The number of hydrogen-bond donors (Lipinski definition) is 1. The Balaban J connectivity index is 1.97. The lowest BCUT2D eigenvalue weighted by Crippen LogP contribution is -2.08. The van der Waals surface area contributed by atoms with Crippen LogP contribution in [0.15, 0.2) is 54.6 Å². The highest BCUT2D eigenvalue weighted by Crippen LogP contribution is 2.29. The number of benzene rings is 2. The van der Waals surface area contributed by atoms with E-state index in [9.17, 15) is 0 Å². The van der Waals surface area contributed by atoms with Gasteiger partial charge in [-0.3, -0.25) is 0 Å². The van der Waals surface area contributed by atoms with E-state index in [1.165, 1.54) is 5.56 Å². The highest BCUT2D eigenvalue weighted by atomic mass is 32.1. The van der Waals surface area contributed by atoms with E-state index in [-0.39, 0.29) is 0 Å². The van der Waals surface area contributed by atoms with Crippen molar-refractivity contribution in [2.45, 2.75) is 19.3 Å². The Morgan fingerprint density at radius 2 is 1.65 bits per heavy atom. The molecule has 0 saturated heterocycles. The Bertz CT molecular complexity index is 554. The van der Waals surface area contributed by atoms with E-state index in [1.54, 1.807) is 0 Å². The Labute approximate surface area is 125 Å². The fourth-order valence-corrected chi connectivity index (χ4v) is 2.18. The van der Waals surface area contributed by atoms with Crippen LogP contribution in [-0.4, -0.2) is 11.6 Å². The lowest BCUT2D eigenvalue weighted by molar-refractivity contribution is 0.309. The Hall–Kier alpha value is -1.87. The molecule has 0 aliphatic carbocycles. The second kappa shape index (κ2) is 7.65. The summed E-state index contributed by atoms with van der Waals surface area (Å²) in [7, 11) is 0. The number of nitrogens with two attached hydrogens (primary N) is 1. The number of rotatable bonds is 7. The Morgan fingerprint density at radius 3 is 2.40 bits per heavy atom. The zero-order chi connectivity index (χ0) is 14.2. The van der Waals surface area contributed by atoms with Crippen LogP contribution in [0.25, 0.3) is 11.1 Å². The smallest absolute Gasteiger partial charge is 0.127 e. The molecule has 2 rings (SSSR count). The monoisotopic (exact) mass is 285 g/mol. The number of hydrogen-bond acceptors (Lipinski definition) is 2. The van der Waals surface area contributed by atoms with Crippen LogP contribution in [0.4, 0.5) is 0 Å². The van der Waals surface area contributed by atoms with Crippen molar-refractivity contribution in [3.8, 4) is 16.9 Å². The normalized spacial score (nSPS) is 10.2. The molecule has 0 unspecified atom stereocenters. The molecule has 0 saturated carbocycles. The topological polar surface area (TPSA) is 35.2 Å². The van der Waals surface area contributed by atoms with Crippen molar-refractivity contribution < 1.29 is 4.74 Å². The van der Waals surface area contributed by atoms with Crippen LogP contribution in [-0.2, 0) is 0 Å². The zero-order valence-electron chi connectivity index (χ0n) is 11.4. The minimum atomic E-state index is 0.578. The number of ether oxygens (including phenoxy) is 1. The lowest BCUT2D eigenvalue weighted by Gasteiger charge is -2.11. The van der Waals surface area contributed by atoms with Crippen LogP contribution >= 0.6 is 12.2 Å². The first-order valence-corrected chi connectivity index (χ1v) is 7.24. The molecule has 3 heteroatoms. The minimum absolute atomic E-state index is 0.578. The van der Waals surface area contributed by atoms with Crippen LogP contribution < -0.4 is 10.5 Å². The summed E-state index contributed by atoms with van der Waals surface area (Å²) in [5.74, 6) is 0.925. The van der Waals surface area contributed by atoms with Crippen molar-refractivity contribution in [3.05, 3.63) is 54.6 Å². The standard InChI is InChI=1S/C17H19NOS/c18-17(20)12-6-7-13-19-16-11-5-4-10-15(16)14-8-2-1-3-9-14/h1-5,8-11H,6-7,12-13H2,(H2,18,20). The van der Waals surface area contributed by atoms with Crippen LogP contribution in [0.3, 0.4) is 0 Å². The summed E-state index contributed by atoms with van der Waals surface area (Å²) < 4.78 is 5.89. The summed E-state index contributed by atoms with van der Waals surface area (Å²) in [4.78, 5) is 0.578. The lowest BCUT2D eigenvalue weighted by atomic mass is 10.1. The van der Waals surface area contributed by atoms with Gasteiger partial charge in [0.1, 0.15) is 5.75 Å². The molecule has 0 radical (unpaired) electrons. The first kappa shape index (κ1) is 14.5. The maximum atomic E-state index is 5.89. The molecule has 0 atom stereocenters. The fourth-order valence-electron chi connectivity index (χ4n) is 2.03. The Morgan fingerprint density at radius 1 is 0.950 bits per heavy atom. The average Bonchev–Trinajstić information content (AvgIpc) is 2.48. The molecule has 0 aromatic heterocycles. The Kier molecular flexibility index (Phi) is 5.56. The molecule has 0 fully saturated rings. The second-order valence-corrected chi connectivity index (χ2v) is 5.16. The molecule has 0 heterocycles. The van der Waals surface area contributed by atoms with Gasteiger partial charge in [-0.1, -0.05) is 60.7 Å². The molecule has 20 heavy (non-hydrogen) atoms. The maximum Gasteiger partial charge on any atom is 0.127 e. The van der Waals surface area contributed by atoms with Gasteiger partial charge in [-0.15, -0.1) is 0 Å². The van der Waals surface area contributed by atoms with Crippen molar-refractivity contribution in [1.82, 2.24) is 0 Å². The van der Waals surface area contributed by atoms with Gasteiger partial charge in [0.15, 0.2) is 0 Å². The largest absolute Gasteiger partial charge is 0.493 e. The second-order valence-electron chi connectivity index (χ2n) is 4.63.